The van der Waals surface area contributed by atoms with Gasteiger partial charge in [0, 0.05) is 12.1 Å². The van der Waals surface area contributed by atoms with Crippen molar-refractivity contribution in [3.05, 3.63) is 0 Å². The molecule has 17 heavy (non-hydrogen) atoms. The highest BCUT2D eigenvalue weighted by atomic mass is 16.2. The molecule has 1 atom stereocenters. The molecule has 4 nitrogen and oxygen atoms in total. The second-order valence-electron chi connectivity index (χ2n) is 5.75. The van der Waals surface area contributed by atoms with Gasteiger partial charge in [0.1, 0.15) is 0 Å². The van der Waals surface area contributed by atoms with Crippen molar-refractivity contribution in [2.45, 2.75) is 57.7 Å². The van der Waals surface area contributed by atoms with E-state index in [-0.39, 0.29) is 17.9 Å². The van der Waals surface area contributed by atoms with Crippen LogP contribution in [-0.2, 0) is 4.79 Å². The van der Waals surface area contributed by atoms with E-state index < -0.39 is 0 Å². The highest BCUT2D eigenvalue weighted by molar-refractivity contribution is 5.82. The maximum Gasteiger partial charge on any atom is 0.237 e. The highest BCUT2D eigenvalue weighted by Gasteiger charge is 2.25. The van der Waals surface area contributed by atoms with Gasteiger partial charge in [0.05, 0.1) is 6.04 Å². The Kier molecular flexibility index (Phi) is 5.40. The van der Waals surface area contributed by atoms with Crippen LogP contribution in [0.3, 0.4) is 0 Å². The Labute approximate surface area is 105 Å². The third-order valence-corrected chi connectivity index (χ3v) is 3.79. The van der Waals surface area contributed by atoms with Gasteiger partial charge >= 0.3 is 0 Å². The molecule has 4 heteroatoms. The highest BCUT2D eigenvalue weighted by Crippen LogP contribution is 2.21. The molecule has 0 heterocycles. The second-order valence-corrected chi connectivity index (χ2v) is 5.75. The molecule has 0 saturated heterocycles. The van der Waals surface area contributed by atoms with Crippen molar-refractivity contribution in [1.82, 2.24) is 10.2 Å². The maximum absolute atomic E-state index is 11.8. The average Bonchev–Trinajstić information content (AvgIpc) is 2.28. The molecule has 1 rings (SSSR count). The number of nitrogens with zero attached hydrogens (tertiary/aromatic N) is 1. The third kappa shape index (κ3) is 4.28. The van der Waals surface area contributed by atoms with Crippen LogP contribution in [-0.4, -0.2) is 43.0 Å². The third-order valence-electron chi connectivity index (χ3n) is 3.79. The lowest BCUT2D eigenvalue weighted by atomic mass is 9.90. The largest absolute Gasteiger partial charge is 0.352 e. The van der Waals surface area contributed by atoms with Crippen molar-refractivity contribution < 1.29 is 4.79 Å². The summed E-state index contributed by atoms with van der Waals surface area (Å²) in [6.45, 7) is 3.96. The molecule has 0 aliphatic heterocycles. The number of amides is 1. The normalized spacial score (nSPS) is 27.2. The quantitative estimate of drug-likeness (QED) is 0.771. The van der Waals surface area contributed by atoms with Gasteiger partial charge in [-0.2, -0.15) is 0 Å². The Morgan fingerprint density at radius 1 is 1.24 bits per heavy atom. The molecule has 0 aromatic heterocycles. The minimum absolute atomic E-state index is 0.00769. The standard InChI is InChI=1S/C13H27N3O/c1-9(2)12(14)13(17)15-10-5-7-11(8-6-10)16(3)4/h9-12H,5-8,14H2,1-4H3,(H,15,17). The van der Waals surface area contributed by atoms with E-state index in [0.29, 0.717) is 12.1 Å². The summed E-state index contributed by atoms with van der Waals surface area (Å²) in [5, 5.41) is 3.08. The molecular weight excluding hydrogens is 214 g/mol. The molecule has 0 aromatic rings. The van der Waals surface area contributed by atoms with Crippen LogP contribution in [0.1, 0.15) is 39.5 Å². The Hall–Kier alpha value is -0.610. The van der Waals surface area contributed by atoms with Crippen LogP contribution in [0.4, 0.5) is 0 Å². The fourth-order valence-electron chi connectivity index (χ4n) is 2.34. The van der Waals surface area contributed by atoms with E-state index in [1.807, 2.05) is 13.8 Å². The monoisotopic (exact) mass is 241 g/mol. The fourth-order valence-corrected chi connectivity index (χ4v) is 2.34. The SMILES string of the molecule is CC(C)C(N)C(=O)NC1CCC(N(C)C)CC1. The van der Waals surface area contributed by atoms with Gasteiger partial charge < -0.3 is 16.0 Å². The molecule has 1 aliphatic rings. The van der Waals surface area contributed by atoms with E-state index in [1.54, 1.807) is 0 Å². The zero-order valence-corrected chi connectivity index (χ0v) is 11.6. The van der Waals surface area contributed by atoms with Crippen molar-refractivity contribution in [3.8, 4) is 0 Å². The molecule has 0 bridgehead atoms. The first-order valence-corrected chi connectivity index (χ1v) is 6.64. The number of rotatable bonds is 4. The van der Waals surface area contributed by atoms with Crippen LogP contribution in [0, 0.1) is 5.92 Å². The zero-order valence-electron chi connectivity index (χ0n) is 11.6. The Morgan fingerprint density at radius 2 is 1.76 bits per heavy atom. The topological polar surface area (TPSA) is 58.4 Å². The molecule has 1 unspecified atom stereocenters. The van der Waals surface area contributed by atoms with E-state index in [2.05, 4.69) is 24.3 Å². The van der Waals surface area contributed by atoms with Gasteiger partial charge in [0.15, 0.2) is 0 Å². The van der Waals surface area contributed by atoms with Gasteiger partial charge in [-0.15, -0.1) is 0 Å². The number of nitrogens with one attached hydrogen (secondary N) is 1. The lowest BCUT2D eigenvalue weighted by Crippen LogP contribution is -2.49. The first-order valence-electron chi connectivity index (χ1n) is 6.64. The minimum atomic E-state index is -0.374. The molecule has 0 aromatic carbocycles. The predicted molar refractivity (Wildman–Crippen MR) is 70.7 cm³/mol. The first kappa shape index (κ1) is 14.5. The number of carbonyl (C=O) groups is 1. The summed E-state index contributed by atoms with van der Waals surface area (Å²) < 4.78 is 0. The van der Waals surface area contributed by atoms with Crippen molar-refractivity contribution in [1.29, 1.82) is 0 Å². The van der Waals surface area contributed by atoms with Gasteiger partial charge in [-0.1, -0.05) is 13.8 Å². The molecular formula is C13H27N3O. The van der Waals surface area contributed by atoms with E-state index >= 15 is 0 Å². The van der Waals surface area contributed by atoms with E-state index in [1.165, 1.54) is 0 Å². The van der Waals surface area contributed by atoms with Gasteiger partial charge in [-0.05, 0) is 45.7 Å². The summed E-state index contributed by atoms with van der Waals surface area (Å²) in [6, 6.07) is 0.618. The zero-order chi connectivity index (χ0) is 13.0. The van der Waals surface area contributed by atoms with Crippen LogP contribution in [0.2, 0.25) is 0 Å². The molecule has 100 valence electrons. The Morgan fingerprint density at radius 3 is 2.18 bits per heavy atom. The van der Waals surface area contributed by atoms with Crippen LogP contribution in [0.25, 0.3) is 0 Å². The average molecular weight is 241 g/mol. The first-order chi connectivity index (χ1) is 7.91. The number of carbonyl (C=O) groups excluding carboxylic acids is 1. The van der Waals surface area contributed by atoms with E-state index in [0.717, 1.165) is 25.7 Å². The molecule has 1 fully saturated rings. The smallest absolute Gasteiger partial charge is 0.237 e. The van der Waals surface area contributed by atoms with Crippen molar-refractivity contribution in [3.63, 3.8) is 0 Å². The number of hydrogen-bond donors (Lipinski definition) is 2. The number of hydrogen-bond acceptors (Lipinski definition) is 3. The summed E-state index contributed by atoms with van der Waals surface area (Å²) in [5.74, 6) is 0.210. The van der Waals surface area contributed by atoms with Crippen molar-refractivity contribution >= 4 is 5.91 Å². The number of nitrogens with two attached hydrogens (primary N) is 1. The lowest BCUT2D eigenvalue weighted by molar-refractivity contribution is -0.124. The van der Waals surface area contributed by atoms with E-state index in [4.69, 9.17) is 5.73 Å². The van der Waals surface area contributed by atoms with Crippen molar-refractivity contribution in [2.24, 2.45) is 11.7 Å². The minimum Gasteiger partial charge on any atom is -0.352 e. The van der Waals surface area contributed by atoms with Crippen LogP contribution >= 0.6 is 0 Å². The molecule has 0 radical (unpaired) electrons. The molecule has 1 saturated carbocycles. The van der Waals surface area contributed by atoms with Gasteiger partial charge in [-0.25, -0.2) is 0 Å². The lowest BCUT2D eigenvalue weighted by Gasteiger charge is -2.33. The van der Waals surface area contributed by atoms with Gasteiger partial charge in [0.2, 0.25) is 5.91 Å². The summed E-state index contributed by atoms with van der Waals surface area (Å²) in [4.78, 5) is 14.1. The molecule has 1 aliphatic carbocycles. The maximum atomic E-state index is 11.8. The second kappa shape index (κ2) is 6.36. The summed E-state index contributed by atoms with van der Waals surface area (Å²) in [5.41, 5.74) is 5.83. The van der Waals surface area contributed by atoms with Crippen LogP contribution in [0.15, 0.2) is 0 Å². The molecule has 1 amide bonds. The van der Waals surface area contributed by atoms with Gasteiger partial charge in [-0.3, -0.25) is 4.79 Å². The van der Waals surface area contributed by atoms with Crippen molar-refractivity contribution in [2.75, 3.05) is 14.1 Å². The van der Waals surface area contributed by atoms with E-state index in [9.17, 15) is 4.79 Å². The van der Waals surface area contributed by atoms with Crippen LogP contribution in [0.5, 0.6) is 0 Å². The summed E-state index contributed by atoms with van der Waals surface area (Å²) >= 11 is 0. The Bertz CT molecular complexity index is 245. The summed E-state index contributed by atoms with van der Waals surface area (Å²) in [7, 11) is 4.25. The fraction of sp³-hybridized carbons (Fsp3) is 0.923. The predicted octanol–water partition coefficient (Wildman–Crippen LogP) is 0.959. The van der Waals surface area contributed by atoms with Crippen LogP contribution < -0.4 is 11.1 Å². The molecule has 3 N–H and O–H groups in total. The van der Waals surface area contributed by atoms with Gasteiger partial charge in [0.25, 0.3) is 0 Å². The summed E-state index contributed by atoms with van der Waals surface area (Å²) in [6.07, 6.45) is 4.46. The molecule has 0 spiro atoms. The Balaban J connectivity index is 2.33.